The smallest absolute Gasteiger partial charge is 0.0460 e. The number of aliphatic hydroxyl groups excluding tert-OH is 1. The van der Waals surface area contributed by atoms with E-state index in [4.69, 9.17) is 0 Å². The Kier molecular flexibility index (Phi) is 7.17. The second-order valence-corrected chi connectivity index (χ2v) is 6.74. The first kappa shape index (κ1) is 16.9. The molecule has 0 amide bonds. The molecule has 0 aliphatic carbocycles. The van der Waals surface area contributed by atoms with Crippen LogP contribution in [0.1, 0.15) is 37.8 Å². The summed E-state index contributed by atoms with van der Waals surface area (Å²) in [6, 6.07) is 8.90. The van der Waals surface area contributed by atoms with E-state index in [0.717, 1.165) is 45.4 Å². The van der Waals surface area contributed by atoms with E-state index in [0.29, 0.717) is 18.6 Å². The Hall–Kier alpha value is -0.420. The van der Waals surface area contributed by atoms with Gasteiger partial charge < -0.3 is 15.3 Å². The fraction of sp³-hybridized carbons (Fsp3) is 0.647. The van der Waals surface area contributed by atoms with Gasteiger partial charge in [0.1, 0.15) is 0 Å². The Balaban J connectivity index is 1.88. The van der Waals surface area contributed by atoms with Crippen molar-refractivity contribution in [3.8, 4) is 0 Å². The van der Waals surface area contributed by atoms with Gasteiger partial charge in [0.15, 0.2) is 0 Å². The van der Waals surface area contributed by atoms with Crippen LogP contribution in [0.4, 0.5) is 0 Å². The van der Waals surface area contributed by atoms with Crippen molar-refractivity contribution in [3.63, 3.8) is 0 Å². The number of benzene rings is 1. The molecule has 1 unspecified atom stereocenters. The van der Waals surface area contributed by atoms with Gasteiger partial charge in [0, 0.05) is 17.1 Å². The van der Waals surface area contributed by atoms with Crippen molar-refractivity contribution < 1.29 is 5.11 Å². The quantitative estimate of drug-likeness (QED) is 0.789. The second kappa shape index (κ2) is 8.89. The molecule has 0 aromatic heterocycles. The molecule has 118 valence electrons. The van der Waals surface area contributed by atoms with Crippen molar-refractivity contribution in [1.82, 2.24) is 10.2 Å². The van der Waals surface area contributed by atoms with Crippen LogP contribution in [0.25, 0.3) is 0 Å². The Morgan fingerprint density at radius 2 is 2.05 bits per heavy atom. The number of hydrogen-bond acceptors (Lipinski definition) is 3. The number of piperidine rings is 1. The molecule has 1 fully saturated rings. The van der Waals surface area contributed by atoms with Crippen LogP contribution in [0.5, 0.6) is 0 Å². The zero-order valence-corrected chi connectivity index (χ0v) is 14.5. The lowest BCUT2D eigenvalue weighted by molar-refractivity contribution is 0.128. The molecule has 1 saturated heterocycles. The molecule has 1 aliphatic rings. The van der Waals surface area contributed by atoms with Gasteiger partial charge in [0.05, 0.1) is 0 Å². The number of nitrogens with one attached hydrogen (secondary N) is 1. The molecule has 1 heterocycles. The minimum absolute atomic E-state index is 0.352. The van der Waals surface area contributed by atoms with E-state index >= 15 is 0 Å². The van der Waals surface area contributed by atoms with Crippen molar-refractivity contribution in [2.24, 2.45) is 5.92 Å². The summed E-state index contributed by atoms with van der Waals surface area (Å²) in [6.07, 6.45) is 3.40. The van der Waals surface area contributed by atoms with Gasteiger partial charge in [-0.05, 0) is 63.0 Å². The molecule has 0 spiro atoms. The summed E-state index contributed by atoms with van der Waals surface area (Å²) in [6.45, 7) is 6.87. The Bertz CT molecular complexity index is 419. The Labute approximate surface area is 136 Å². The van der Waals surface area contributed by atoms with Crippen LogP contribution < -0.4 is 5.32 Å². The molecule has 1 aromatic carbocycles. The maximum atomic E-state index is 9.21. The highest BCUT2D eigenvalue weighted by molar-refractivity contribution is 9.10. The number of halogens is 1. The van der Waals surface area contributed by atoms with Gasteiger partial charge in [-0.2, -0.15) is 0 Å². The molecule has 2 rings (SSSR count). The minimum Gasteiger partial charge on any atom is -0.396 e. The average Bonchev–Trinajstić information content (AvgIpc) is 2.53. The van der Waals surface area contributed by atoms with Crippen molar-refractivity contribution in [2.75, 3.05) is 32.8 Å². The van der Waals surface area contributed by atoms with Gasteiger partial charge in [-0.15, -0.1) is 0 Å². The van der Waals surface area contributed by atoms with Crippen LogP contribution in [-0.4, -0.2) is 42.8 Å². The summed E-state index contributed by atoms with van der Waals surface area (Å²) in [4.78, 5) is 2.54. The molecular formula is C17H27BrN2O. The fourth-order valence-electron chi connectivity index (χ4n) is 3.08. The molecule has 4 heteroatoms. The summed E-state index contributed by atoms with van der Waals surface area (Å²) in [7, 11) is 0. The molecule has 3 nitrogen and oxygen atoms in total. The van der Waals surface area contributed by atoms with E-state index < -0.39 is 0 Å². The summed E-state index contributed by atoms with van der Waals surface area (Å²) in [5.41, 5.74) is 1.35. The molecule has 2 N–H and O–H groups in total. The second-order valence-electron chi connectivity index (χ2n) is 5.89. The SMILES string of the molecule is CCNC(CCN1CCC(CO)CC1)c1ccccc1Br. The van der Waals surface area contributed by atoms with E-state index in [9.17, 15) is 5.11 Å². The lowest BCUT2D eigenvalue weighted by Crippen LogP contribution is -2.37. The highest BCUT2D eigenvalue weighted by Crippen LogP contribution is 2.26. The molecule has 21 heavy (non-hydrogen) atoms. The van der Waals surface area contributed by atoms with E-state index in [1.54, 1.807) is 0 Å². The zero-order chi connectivity index (χ0) is 15.1. The lowest BCUT2D eigenvalue weighted by atomic mass is 9.97. The highest BCUT2D eigenvalue weighted by Gasteiger charge is 2.20. The number of nitrogens with zero attached hydrogens (tertiary/aromatic N) is 1. The molecule has 0 radical (unpaired) electrons. The van der Waals surface area contributed by atoms with Crippen LogP contribution >= 0.6 is 15.9 Å². The van der Waals surface area contributed by atoms with Crippen molar-refractivity contribution in [2.45, 2.75) is 32.2 Å². The van der Waals surface area contributed by atoms with E-state index in [1.807, 2.05) is 0 Å². The maximum absolute atomic E-state index is 9.21. The largest absolute Gasteiger partial charge is 0.396 e. The van der Waals surface area contributed by atoms with Crippen LogP contribution in [0.2, 0.25) is 0 Å². The van der Waals surface area contributed by atoms with Crippen LogP contribution in [0.3, 0.4) is 0 Å². The third kappa shape index (κ3) is 5.06. The standard InChI is InChI=1S/C17H27BrN2O/c1-2-19-17(15-5-3-4-6-16(15)18)9-12-20-10-7-14(13-21)8-11-20/h3-6,14,17,19,21H,2,7-13H2,1H3. The average molecular weight is 355 g/mol. The lowest BCUT2D eigenvalue weighted by Gasteiger charge is -2.32. The van der Waals surface area contributed by atoms with Gasteiger partial charge in [0.2, 0.25) is 0 Å². The zero-order valence-electron chi connectivity index (χ0n) is 12.9. The van der Waals surface area contributed by atoms with Crippen molar-refractivity contribution in [1.29, 1.82) is 0 Å². The van der Waals surface area contributed by atoms with Crippen molar-refractivity contribution >= 4 is 15.9 Å². The minimum atomic E-state index is 0.352. The molecule has 1 aliphatic heterocycles. The Morgan fingerprint density at radius 1 is 1.33 bits per heavy atom. The molecule has 1 atom stereocenters. The number of rotatable bonds is 7. The van der Waals surface area contributed by atoms with E-state index in [-0.39, 0.29) is 0 Å². The van der Waals surface area contributed by atoms with Crippen molar-refractivity contribution in [3.05, 3.63) is 34.3 Å². The van der Waals surface area contributed by atoms with Gasteiger partial charge >= 0.3 is 0 Å². The van der Waals surface area contributed by atoms with Crippen LogP contribution in [-0.2, 0) is 0 Å². The molecule has 0 saturated carbocycles. The predicted octanol–water partition coefficient (Wildman–Crippen LogP) is 3.19. The molecular weight excluding hydrogens is 328 g/mol. The highest BCUT2D eigenvalue weighted by atomic mass is 79.9. The molecule has 1 aromatic rings. The summed E-state index contributed by atoms with van der Waals surface area (Å²) >= 11 is 3.67. The first-order chi connectivity index (χ1) is 10.2. The third-order valence-corrected chi connectivity index (χ3v) is 5.15. The van der Waals surface area contributed by atoms with Gasteiger partial charge in [0.25, 0.3) is 0 Å². The van der Waals surface area contributed by atoms with E-state index in [2.05, 4.69) is 57.3 Å². The topological polar surface area (TPSA) is 35.5 Å². The summed E-state index contributed by atoms with van der Waals surface area (Å²) < 4.78 is 1.19. The van der Waals surface area contributed by atoms with Crippen LogP contribution in [0.15, 0.2) is 28.7 Å². The van der Waals surface area contributed by atoms with Gasteiger partial charge in [-0.1, -0.05) is 41.1 Å². The Morgan fingerprint density at radius 3 is 2.67 bits per heavy atom. The monoisotopic (exact) mass is 354 g/mol. The van der Waals surface area contributed by atoms with Gasteiger partial charge in [-0.3, -0.25) is 0 Å². The summed E-state index contributed by atoms with van der Waals surface area (Å²) in [5, 5.41) is 12.8. The fourth-order valence-corrected chi connectivity index (χ4v) is 3.64. The predicted molar refractivity (Wildman–Crippen MR) is 91.4 cm³/mol. The first-order valence-electron chi connectivity index (χ1n) is 8.05. The van der Waals surface area contributed by atoms with Crippen LogP contribution in [0, 0.1) is 5.92 Å². The van der Waals surface area contributed by atoms with E-state index in [1.165, 1.54) is 10.0 Å². The van der Waals surface area contributed by atoms with Gasteiger partial charge in [-0.25, -0.2) is 0 Å². The molecule has 0 bridgehead atoms. The summed E-state index contributed by atoms with van der Waals surface area (Å²) in [5.74, 6) is 0.522. The number of hydrogen-bond donors (Lipinski definition) is 2. The first-order valence-corrected chi connectivity index (χ1v) is 8.85. The number of likely N-dealkylation sites (tertiary alicyclic amines) is 1. The number of aliphatic hydroxyl groups is 1. The normalized spacial score (nSPS) is 18.8. The third-order valence-electron chi connectivity index (χ3n) is 4.43. The maximum Gasteiger partial charge on any atom is 0.0460 e.